The first-order chi connectivity index (χ1) is 5.52. The number of pyridine rings is 1. The highest BCUT2D eigenvalue weighted by Gasteiger charge is 2.16. The number of H-pyrrole nitrogens is 1. The summed E-state index contributed by atoms with van der Waals surface area (Å²) in [6.45, 7) is 0. The molecule has 0 bridgehead atoms. The normalized spacial score (nSPS) is 10.8. The molecule has 0 aliphatic carbocycles. The second-order valence-electron chi connectivity index (χ2n) is 2.01. The molecule has 0 saturated heterocycles. The van der Waals surface area contributed by atoms with Crippen LogP contribution >= 0.6 is 15.9 Å². The van der Waals surface area contributed by atoms with Gasteiger partial charge in [-0.05, 0) is 15.9 Å². The molecule has 0 spiro atoms. The van der Waals surface area contributed by atoms with Crippen molar-refractivity contribution in [2.24, 2.45) is 0 Å². The Morgan fingerprint density at radius 3 is 2.58 bits per heavy atom. The van der Waals surface area contributed by atoms with Gasteiger partial charge in [-0.3, -0.25) is 4.79 Å². The smallest absolute Gasteiger partial charge is 0.281 e. The lowest BCUT2D eigenvalue weighted by Gasteiger charge is -2.01. The number of aromatic amines is 1. The van der Waals surface area contributed by atoms with E-state index in [4.69, 9.17) is 0 Å². The quantitative estimate of drug-likeness (QED) is 0.752. The third kappa shape index (κ3) is 1.69. The Bertz CT molecular complexity index is 349. The Balaban J connectivity index is 3.38. The maximum Gasteiger partial charge on any atom is 0.281 e. The van der Waals surface area contributed by atoms with E-state index in [-0.39, 0.29) is 4.60 Å². The highest BCUT2D eigenvalue weighted by molar-refractivity contribution is 9.10. The largest absolute Gasteiger partial charge is 0.346 e. The molecule has 12 heavy (non-hydrogen) atoms. The molecule has 1 rings (SSSR count). The van der Waals surface area contributed by atoms with Gasteiger partial charge in [0.15, 0.2) is 5.82 Å². The van der Waals surface area contributed by atoms with Crippen molar-refractivity contribution in [3.63, 3.8) is 0 Å². The van der Waals surface area contributed by atoms with Gasteiger partial charge in [-0.15, -0.1) is 0 Å². The van der Waals surface area contributed by atoms with Crippen molar-refractivity contribution < 1.29 is 13.2 Å². The second kappa shape index (κ2) is 3.30. The van der Waals surface area contributed by atoms with Crippen molar-refractivity contribution in [3.05, 3.63) is 32.4 Å². The molecule has 1 N–H and O–H groups in total. The van der Waals surface area contributed by atoms with E-state index in [2.05, 4.69) is 15.9 Å². The van der Waals surface area contributed by atoms with Gasteiger partial charge < -0.3 is 4.98 Å². The summed E-state index contributed by atoms with van der Waals surface area (Å²) in [5.74, 6) is -1.44. The first kappa shape index (κ1) is 9.31. The minimum atomic E-state index is -3.02. The molecule has 0 atom stereocenters. The molecule has 66 valence electrons. The van der Waals surface area contributed by atoms with Crippen LogP contribution in [0.1, 0.15) is 12.1 Å². The Hall–Kier alpha value is -0.780. The molecule has 1 heterocycles. The van der Waals surface area contributed by atoms with Gasteiger partial charge in [0.1, 0.15) is 5.69 Å². The van der Waals surface area contributed by atoms with E-state index in [9.17, 15) is 18.0 Å². The van der Waals surface area contributed by atoms with Gasteiger partial charge in [0.2, 0.25) is 5.43 Å². The third-order valence-corrected chi connectivity index (χ3v) is 1.61. The van der Waals surface area contributed by atoms with Crippen LogP contribution in [0, 0.1) is 5.82 Å². The molecule has 0 amide bonds. The highest BCUT2D eigenvalue weighted by Crippen LogP contribution is 2.19. The summed E-state index contributed by atoms with van der Waals surface area (Å²) in [4.78, 5) is 12.6. The van der Waals surface area contributed by atoms with E-state index in [0.29, 0.717) is 0 Å². The Kier molecular flexibility index (Phi) is 2.56. The molecule has 0 radical (unpaired) electrons. The van der Waals surface area contributed by atoms with Gasteiger partial charge in [-0.2, -0.15) is 0 Å². The molecule has 0 unspecified atom stereocenters. The lowest BCUT2D eigenvalue weighted by atomic mass is 10.3. The first-order valence-electron chi connectivity index (χ1n) is 2.88. The number of hydrogen-bond acceptors (Lipinski definition) is 1. The van der Waals surface area contributed by atoms with Crippen molar-refractivity contribution in [2.45, 2.75) is 6.43 Å². The van der Waals surface area contributed by atoms with Crippen LogP contribution in [-0.2, 0) is 0 Å². The molecule has 2 nitrogen and oxygen atoms in total. The van der Waals surface area contributed by atoms with Crippen LogP contribution in [0.25, 0.3) is 0 Å². The number of nitrogens with one attached hydrogen (secondary N) is 1. The summed E-state index contributed by atoms with van der Waals surface area (Å²) < 4.78 is 36.5. The molecule has 0 aliphatic heterocycles. The van der Waals surface area contributed by atoms with Crippen LogP contribution in [0.2, 0.25) is 0 Å². The lowest BCUT2D eigenvalue weighted by molar-refractivity contribution is 0.140. The number of hydrogen-bond donors (Lipinski definition) is 1. The van der Waals surface area contributed by atoms with Crippen LogP contribution in [0.5, 0.6) is 0 Å². The van der Waals surface area contributed by atoms with E-state index < -0.39 is 23.4 Å². The van der Waals surface area contributed by atoms with Crippen LogP contribution in [0.3, 0.4) is 0 Å². The van der Waals surface area contributed by atoms with Gasteiger partial charge >= 0.3 is 0 Å². The summed E-state index contributed by atoms with van der Waals surface area (Å²) >= 11 is 2.76. The van der Waals surface area contributed by atoms with Crippen LogP contribution in [-0.4, -0.2) is 4.98 Å². The lowest BCUT2D eigenvalue weighted by Crippen LogP contribution is -2.11. The minimum absolute atomic E-state index is 0.0317. The van der Waals surface area contributed by atoms with Gasteiger partial charge in [-0.1, -0.05) is 0 Å². The van der Waals surface area contributed by atoms with Crippen molar-refractivity contribution >= 4 is 15.9 Å². The van der Waals surface area contributed by atoms with E-state index in [1.165, 1.54) is 0 Å². The topological polar surface area (TPSA) is 32.9 Å². The van der Waals surface area contributed by atoms with E-state index in [1.54, 1.807) is 0 Å². The molecule has 0 saturated carbocycles. The van der Waals surface area contributed by atoms with Crippen molar-refractivity contribution in [3.8, 4) is 0 Å². The van der Waals surface area contributed by atoms with Gasteiger partial charge in [0.25, 0.3) is 6.43 Å². The summed E-state index contributed by atoms with van der Waals surface area (Å²) in [7, 11) is 0. The monoisotopic (exact) mass is 241 g/mol. The van der Waals surface area contributed by atoms with E-state index >= 15 is 0 Å². The maximum absolute atomic E-state index is 12.6. The summed E-state index contributed by atoms with van der Waals surface area (Å²) in [6.07, 6.45) is -3.02. The Labute approximate surface area is 73.5 Å². The average Bonchev–Trinajstić information content (AvgIpc) is 1.96. The number of aromatic nitrogens is 1. The molecule has 6 heteroatoms. The minimum Gasteiger partial charge on any atom is -0.346 e. The van der Waals surface area contributed by atoms with E-state index in [1.807, 2.05) is 4.98 Å². The standard InChI is InChI=1S/C6H3BrF3NO/c7-3-1-2(12)4(8)5(11-3)6(9)10/h1,6H,(H,11,12). The molecule has 0 aliphatic rings. The number of alkyl halides is 2. The fourth-order valence-corrected chi connectivity index (χ4v) is 1.10. The highest BCUT2D eigenvalue weighted by atomic mass is 79.9. The zero-order chi connectivity index (χ0) is 9.30. The Morgan fingerprint density at radius 1 is 1.50 bits per heavy atom. The summed E-state index contributed by atoms with van der Waals surface area (Å²) in [5.41, 5.74) is -2.05. The maximum atomic E-state index is 12.6. The average molecular weight is 242 g/mol. The summed E-state index contributed by atoms with van der Waals surface area (Å²) in [6, 6.07) is 0.848. The molecule has 0 fully saturated rings. The fraction of sp³-hybridized carbons (Fsp3) is 0.167. The molecular formula is C6H3BrF3NO. The molecule has 1 aromatic heterocycles. The van der Waals surface area contributed by atoms with Crippen molar-refractivity contribution in [1.82, 2.24) is 4.98 Å². The van der Waals surface area contributed by atoms with Gasteiger partial charge in [0.05, 0.1) is 4.60 Å². The zero-order valence-corrected chi connectivity index (χ0v) is 7.16. The predicted molar refractivity (Wildman–Crippen MR) is 39.7 cm³/mol. The summed E-state index contributed by atoms with van der Waals surface area (Å²) in [5, 5.41) is 0. The van der Waals surface area contributed by atoms with E-state index in [0.717, 1.165) is 6.07 Å². The number of halogens is 4. The molecule has 0 aromatic carbocycles. The van der Waals surface area contributed by atoms with Crippen molar-refractivity contribution in [1.29, 1.82) is 0 Å². The first-order valence-corrected chi connectivity index (χ1v) is 3.68. The molecule has 1 aromatic rings. The Morgan fingerprint density at radius 2 is 2.08 bits per heavy atom. The zero-order valence-electron chi connectivity index (χ0n) is 5.57. The predicted octanol–water partition coefficient (Wildman–Crippen LogP) is 2.21. The van der Waals surface area contributed by atoms with Gasteiger partial charge in [-0.25, -0.2) is 13.2 Å². The van der Waals surface area contributed by atoms with Crippen LogP contribution < -0.4 is 5.43 Å². The van der Waals surface area contributed by atoms with Gasteiger partial charge in [0, 0.05) is 6.07 Å². The van der Waals surface area contributed by atoms with Crippen LogP contribution in [0.15, 0.2) is 15.5 Å². The fourth-order valence-electron chi connectivity index (χ4n) is 0.681. The van der Waals surface area contributed by atoms with Crippen molar-refractivity contribution in [2.75, 3.05) is 0 Å². The SMILES string of the molecule is O=c1cc(Br)[nH]c(C(F)F)c1F. The third-order valence-electron chi connectivity index (χ3n) is 1.18. The second-order valence-corrected chi connectivity index (χ2v) is 2.86. The molecular weight excluding hydrogens is 239 g/mol. The number of rotatable bonds is 1. The van der Waals surface area contributed by atoms with Crippen LogP contribution in [0.4, 0.5) is 13.2 Å².